The molecule has 4 aromatic rings. The number of nitrogens with zero attached hydrogens (tertiary/aromatic N) is 11. The Morgan fingerprint density at radius 1 is 0.845 bits per heavy atom. The number of nitrogens with one attached hydrogen (secondary N) is 3. The molecule has 3 saturated heterocycles. The number of amides is 6. The van der Waals surface area contributed by atoms with Gasteiger partial charge in [-0.2, -0.15) is 0 Å². The van der Waals surface area contributed by atoms with Crippen molar-refractivity contribution in [3.63, 3.8) is 0 Å². The van der Waals surface area contributed by atoms with E-state index in [0.29, 0.717) is 73.9 Å². The molecule has 20 heteroatoms. The SMILES string of the molecule is CCn1cnnc1-c1cccc(N2Cc3c(cc(N4CCC[C@H]4C)nc3CN(C)CCCN3CCN(CC(=O)NCCCCCCNc4cccc5c4C(=O)N(C4CCC(=O)NC4=O)C5=O)CC3)C2=O)n1. The van der Waals surface area contributed by atoms with Crippen LogP contribution in [0.2, 0.25) is 0 Å². The summed E-state index contributed by atoms with van der Waals surface area (Å²) in [7, 11) is 2.13. The van der Waals surface area contributed by atoms with Crippen LogP contribution in [0.4, 0.5) is 17.3 Å². The lowest BCUT2D eigenvalue weighted by atomic mass is 10.0. The number of hydrogen-bond donors (Lipinski definition) is 3. The Bertz CT molecular complexity index is 2650. The van der Waals surface area contributed by atoms with Gasteiger partial charge in [-0.15, -0.1) is 10.2 Å². The van der Waals surface area contributed by atoms with Crippen molar-refractivity contribution in [1.82, 2.24) is 55.0 Å². The highest BCUT2D eigenvalue weighted by molar-refractivity contribution is 6.25. The zero-order valence-corrected chi connectivity index (χ0v) is 41.2. The number of rotatable bonds is 21. The van der Waals surface area contributed by atoms with Gasteiger partial charge in [-0.1, -0.05) is 25.0 Å². The fourth-order valence-electron chi connectivity index (χ4n) is 10.5. The van der Waals surface area contributed by atoms with Crippen molar-refractivity contribution in [2.45, 2.75) is 103 Å². The van der Waals surface area contributed by atoms with Crippen LogP contribution >= 0.6 is 0 Å². The largest absolute Gasteiger partial charge is 0.384 e. The number of piperazine rings is 1. The summed E-state index contributed by atoms with van der Waals surface area (Å²) in [5, 5.41) is 17.0. The van der Waals surface area contributed by atoms with Crippen molar-refractivity contribution in [2.24, 2.45) is 0 Å². The van der Waals surface area contributed by atoms with E-state index in [-0.39, 0.29) is 35.8 Å². The molecule has 8 heterocycles. The van der Waals surface area contributed by atoms with E-state index in [1.807, 2.05) is 35.8 Å². The smallest absolute Gasteiger partial charge is 0.264 e. The Kier molecular flexibility index (Phi) is 15.4. The molecule has 6 amide bonds. The Labute approximate surface area is 414 Å². The minimum atomic E-state index is -1.000. The second-order valence-electron chi connectivity index (χ2n) is 19.4. The molecule has 0 saturated carbocycles. The molecule has 0 bridgehead atoms. The molecule has 3 N–H and O–H groups in total. The predicted molar refractivity (Wildman–Crippen MR) is 267 cm³/mol. The van der Waals surface area contributed by atoms with Crippen LogP contribution in [-0.2, 0) is 34.0 Å². The van der Waals surface area contributed by atoms with Gasteiger partial charge in [0.05, 0.1) is 35.5 Å². The van der Waals surface area contributed by atoms with Crippen molar-refractivity contribution in [3.8, 4) is 11.5 Å². The summed E-state index contributed by atoms with van der Waals surface area (Å²) in [5.41, 5.74) is 4.34. The van der Waals surface area contributed by atoms with E-state index >= 15 is 0 Å². The lowest BCUT2D eigenvalue weighted by Crippen LogP contribution is -2.54. The van der Waals surface area contributed by atoms with Crippen LogP contribution in [0.25, 0.3) is 11.5 Å². The first-order valence-corrected chi connectivity index (χ1v) is 25.4. The molecule has 2 atom stereocenters. The van der Waals surface area contributed by atoms with Crippen LogP contribution in [0.1, 0.15) is 114 Å². The number of unbranched alkanes of at least 4 members (excludes halogenated alkanes) is 3. The first-order valence-electron chi connectivity index (χ1n) is 25.4. The van der Waals surface area contributed by atoms with Gasteiger partial charge in [0.1, 0.15) is 29.7 Å². The average molecular weight is 971 g/mol. The molecule has 376 valence electrons. The van der Waals surface area contributed by atoms with Gasteiger partial charge in [0.15, 0.2) is 5.82 Å². The standard InChI is InChI=1S/C51H66N14O6/c1-4-62-33-54-58-47(62)39-16-10-17-42(55-39)64-30-37-36(49(64)69)29-43(63-24-11-13-34(63)2)56-40(37)31-59(3)22-12-23-60-25-27-61(28-26-60)32-45(67)53-21-8-6-5-7-20-52-38-15-9-14-35-46(38)51(71)65(50(35)70)41-18-19-44(66)57-48(41)68/h9-10,14-17,29,33-34,41,52H,4-8,11-13,18-28,30-32H2,1-3H3,(H,53,67)(H,57,66,68)/t34-,41?/m1/s1. The molecule has 3 fully saturated rings. The Morgan fingerprint density at radius 3 is 2.41 bits per heavy atom. The van der Waals surface area contributed by atoms with Gasteiger partial charge in [-0.25, -0.2) is 9.97 Å². The summed E-state index contributed by atoms with van der Waals surface area (Å²) < 4.78 is 1.94. The Balaban J connectivity index is 0.672. The molecule has 0 radical (unpaired) electrons. The van der Waals surface area contributed by atoms with Crippen LogP contribution in [0.5, 0.6) is 0 Å². The van der Waals surface area contributed by atoms with E-state index in [1.165, 1.54) is 0 Å². The molecule has 3 aromatic heterocycles. The van der Waals surface area contributed by atoms with Crippen molar-refractivity contribution >= 4 is 52.8 Å². The molecule has 1 aromatic carbocycles. The van der Waals surface area contributed by atoms with E-state index < -0.39 is 29.7 Å². The van der Waals surface area contributed by atoms with Crippen LogP contribution in [0.3, 0.4) is 0 Å². The number of pyridine rings is 2. The topological polar surface area (TPSA) is 214 Å². The van der Waals surface area contributed by atoms with Crippen LogP contribution < -0.4 is 25.8 Å². The number of carbonyl (C=O) groups is 6. The summed E-state index contributed by atoms with van der Waals surface area (Å²) in [6.07, 6.45) is 8.64. The molecule has 9 rings (SSSR count). The molecule has 5 aliphatic rings. The number of fused-ring (bicyclic) bond motifs is 2. The number of aromatic nitrogens is 5. The van der Waals surface area contributed by atoms with E-state index in [2.05, 4.69) is 59.7 Å². The van der Waals surface area contributed by atoms with Crippen molar-refractivity contribution in [1.29, 1.82) is 0 Å². The van der Waals surface area contributed by atoms with Gasteiger partial charge in [0.2, 0.25) is 17.7 Å². The molecule has 20 nitrogen and oxygen atoms in total. The van der Waals surface area contributed by atoms with Gasteiger partial charge in [-0.05, 0) is 103 Å². The zero-order chi connectivity index (χ0) is 49.6. The number of piperidine rings is 1. The van der Waals surface area contributed by atoms with Crippen molar-refractivity contribution < 1.29 is 28.8 Å². The minimum Gasteiger partial charge on any atom is -0.384 e. The highest BCUT2D eigenvalue weighted by atomic mass is 16.2. The maximum atomic E-state index is 14.2. The highest BCUT2D eigenvalue weighted by Gasteiger charge is 2.45. The third-order valence-electron chi connectivity index (χ3n) is 14.5. The predicted octanol–water partition coefficient (Wildman–Crippen LogP) is 3.53. The maximum absolute atomic E-state index is 14.2. The number of hydrogen-bond acceptors (Lipinski definition) is 15. The van der Waals surface area contributed by atoms with E-state index in [9.17, 15) is 28.8 Å². The fraction of sp³-hybridized carbons (Fsp3) is 0.529. The van der Waals surface area contributed by atoms with Gasteiger partial charge in [-0.3, -0.25) is 48.8 Å². The van der Waals surface area contributed by atoms with Crippen molar-refractivity contribution in [2.75, 3.05) is 87.6 Å². The minimum absolute atomic E-state index is 0.0423. The second-order valence-corrected chi connectivity index (χ2v) is 19.4. The van der Waals surface area contributed by atoms with Gasteiger partial charge in [0, 0.05) is 82.6 Å². The molecule has 5 aliphatic heterocycles. The average Bonchev–Trinajstić information content (AvgIpc) is 4.16. The zero-order valence-electron chi connectivity index (χ0n) is 41.2. The third kappa shape index (κ3) is 11.0. The summed E-state index contributed by atoms with van der Waals surface area (Å²) in [6, 6.07) is 12.1. The summed E-state index contributed by atoms with van der Waals surface area (Å²) >= 11 is 0. The van der Waals surface area contributed by atoms with Crippen molar-refractivity contribution in [3.05, 3.63) is 76.7 Å². The number of benzene rings is 1. The number of carbonyl (C=O) groups excluding carboxylic acids is 6. The van der Waals surface area contributed by atoms with E-state index in [1.54, 1.807) is 29.4 Å². The Morgan fingerprint density at radius 2 is 1.63 bits per heavy atom. The van der Waals surface area contributed by atoms with E-state index in [4.69, 9.17) is 9.97 Å². The normalized spacial score (nSPS) is 19.5. The summed E-state index contributed by atoms with van der Waals surface area (Å²) in [5.74, 6) is 0.0256. The third-order valence-corrected chi connectivity index (χ3v) is 14.5. The fourth-order valence-corrected chi connectivity index (χ4v) is 10.5. The van der Waals surface area contributed by atoms with Gasteiger partial charge < -0.3 is 29.9 Å². The lowest BCUT2D eigenvalue weighted by Gasteiger charge is -2.34. The summed E-state index contributed by atoms with van der Waals surface area (Å²) in [6.45, 7) is 13.9. The first-order chi connectivity index (χ1) is 34.5. The first kappa shape index (κ1) is 49.3. The number of anilines is 3. The molecular weight excluding hydrogens is 905 g/mol. The number of aryl methyl sites for hydroxylation is 1. The monoisotopic (exact) mass is 971 g/mol. The van der Waals surface area contributed by atoms with E-state index in [0.717, 1.165) is 113 Å². The molecule has 0 aliphatic carbocycles. The second kappa shape index (κ2) is 22.2. The molecule has 1 unspecified atom stereocenters. The molecule has 71 heavy (non-hydrogen) atoms. The highest BCUT2D eigenvalue weighted by Crippen LogP contribution is 2.36. The summed E-state index contributed by atoms with van der Waals surface area (Å²) in [4.78, 5) is 99.8. The lowest BCUT2D eigenvalue weighted by molar-refractivity contribution is -0.136. The van der Waals surface area contributed by atoms with Gasteiger partial charge >= 0.3 is 0 Å². The Hall–Kier alpha value is -6.64. The quantitative estimate of drug-likeness (QED) is 0.0805. The number of imide groups is 2. The van der Waals surface area contributed by atoms with Crippen LogP contribution in [-0.4, -0.2) is 164 Å². The molecule has 0 spiro atoms. The van der Waals surface area contributed by atoms with Crippen LogP contribution in [0.15, 0.2) is 48.8 Å². The van der Waals surface area contributed by atoms with Gasteiger partial charge in [0.25, 0.3) is 17.7 Å². The maximum Gasteiger partial charge on any atom is 0.264 e. The molecular formula is C51H66N14O6. The van der Waals surface area contributed by atoms with Crippen LogP contribution in [0, 0.1) is 0 Å².